The van der Waals surface area contributed by atoms with Gasteiger partial charge < -0.3 is 18.9 Å². The van der Waals surface area contributed by atoms with Crippen molar-refractivity contribution in [1.29, 1.82) is 0 Å². The highest BCUT2D eigenvalue weighted by Crippen LogP contribution is 2.21. The van der Waals surface area contributed by atoms with Gasteiger partial charge >= 0.3 is 0 Å². The summed E-state index contributed by atoms with van der Waals surface area (Å²) in [6.07, 6.45) is 11.8. The van der Waals surface area contributed by atoms with E-state index in [1.165, 1.54) is 44.1 Å². The van der Waals surface area contributed by atoms with Gasteiger partial charge in [-0.1, -0.05) is 24.3 Å². The Bertz CT molecular complexity index is 414. The van der Waals surface area contributed by atoms with E-state index in [1.54, 1.807) is 0 Å². The first kappa shape index (κ1) is 20.0. The molecule has 3 fully saturated rings. The maximum absolute atomic E-state index is 5.34. The number of benzene rings is 1. The lowest BCUT2D eigenvalue weighted by atomic mass is 10.1. The van der Waals surface area contributed by atoms with Crippen LogP contribution in [0.4, 0.5) is 0 Å². The molecule has 0 N–H and O–H groups in total. The molecule has 0 amide bonds. The van der Waals surface area contributed by atoms with Gasteiger partial charge in [-0.2, -0.15) is 0 Å². The molecule has 1 aromatic rings. The van der Waals surface area contributed by atoms with Crippen molar-refractivity contribution in [3.63, 3.8) is 0 Å². The third kappa shape index (κ3) is 9.63. The average molecular weight is 348 g/mol. The third-order valence-corrected chi connectivity index (χ3v) is 4.03. The van der Waals surface area contributed by atoms with Gasteiger partial charge in [0.2, 0.25) is 0 Å². The summed E-state index contributed by atoms with van der Waals surface area (Å²) in [7, 11) is 0. The van der Waals surface area contributed by atoms with E-state index in [2.05, 4.69) is 6.08 Å². The van der Waals surface area contributed by atoms with Gasteiger partial charge in [0.15, 0.2) is 0 Å². The van der Waals surface area contributed by atoms with Gasteiger partial charge in [-0.05, 0) is 50.7 Å². The van der Waals surface area contributed by atoms with Gasteiger partial charge in [0, 0.05) is 45.2 Å². The minimum atomic E-state index is 0.705. The molecule has 140 valence electrons. The van der Waals surface area contributed by atoms with Crippen LogP contribution in [0.3, 0.4) is 0 Å². The number of fused-ring (bicyclic) bond motifs is 1. The first-order valence-electron chi connectivity index (χ1n) is 9.58. The molecule has 0 bridgehead atoms. The van der Waals surface area contributed by atoms with Crippen molar-refractivity contribution in [3.05, 3.63) is 35.9 Å². The summed E-state index contributed by atoms with van der Waals surface area (Å²) in [5.41, 5.74) is 1.17. The van der Waals surface area contributed by atoms with Crippen molar-refractivity contribution in [2.45, 2.75) is 38.5 Å². The highest BCUT2D eigenvalue weighted by Gasteiger charge is 2.01. The molecular formula is C21H32O4. The van der Waals surface area contributed by atoms with Crippen LogP contribution in [-0.4, -0.2) is 46.2 Å². The number of ether oxygens (including phenoxy) is 4. The predicted molar refractivity (Wildman–Crippen MR) is 101 cm³/mol. The Balaban J connectivity index is 0.000000129. The molecule has 0 saturated carbocycles. The van der Waals surface area contributed by atoms with E-state index in [0.29, 0.717) is 6.61 Å². The molecule has 0 aliphatic carbocycles. The molecule has 1 aromatic carbocycles. The van der Waals surface area contributed by atoms with Gasteiger partial charge in [-0.25, -0.2) is 0 Å². The third-order valence-electron chi connectivity index (χ3n) is 4.03. The average Bonchev–Trinajstić information content (AvgIpc) is 3.49. The van der Waals surface area contributed by atoms with E-state index in [0.717, 1.165) is 45.4 Å². The highest BCUT2D eigenvalue weighted by molar-refractivity contribution is 5.58. The topological polar surface area (TPSA) is 36.9 Å². The van der Waals surface area contributed by atoms with Gasteiger partial charge in [0.25, 0.3) is 0 Å². The molecule has 0 atom stereocenters. The highest BCUT2D eigenvalue weighted by atomic mass is 16.5. The molecule has 4 aliphatic rings. The van der Waals surface area contributed by atoms with E-state index < -0.39 is 0 Å². The standard InChI is InChI=1S/C9H8O.3C4H8O/c1-2-6-9-8(4-1)5-3-7-10-9;3*1-2-4-5-3-1/h1-6H,7H2;3*1-4H2. The lowest BCUT2D eigenvalue weighted by Gasteiger charge is -2.10. The van der Waals surface area contributed by atoms with Crippen LogP contribution in [0.5, 0.6) is 5.75 Å². The number of rotatable bonds is 0. The Morgan fingerprint density at radius 2 is 1.08 bits per heavy atom. The molecule has 0 spiro atoms. The summed E-state index contributed by atoms with van der Waals surface area (Å²) >= 11 is 0. The van der Waals surface area contributed by atoms with Crippen molar-refractivity contribution in [3.8, 4) is 5.75 Å². The lowest BCUT2D eigenvalue weighted by Crippen LogP contribution is -1.98. The van der Waals surface area contributed by atoms with Gasteiger partial charge in [-0.15, -0.1) is 0 Å². The van der Waals surface area contributed by atoms with E-state index in [4.69, 9.17) is 18.9 Å². The summed E-state index contributed by atoms with van der Waals surface area (Å²) in [6.45, 7) is 6.71. The van der Waals surface area contributed by atoms with Gasteiger partial charge in [-0.3, -0.25) is 0 Å². The Kier molecular flexibility index (Phi) is 11.1. The molecule has 4 heteroatoms. The zero-order valence-corrected chi connectivity index (χ0v) is 15.3. The molecule has 25 heavy (non-hydrogen) atoms. The summed E-state index contributed by atoms with van der Waals surface area (Å²) in [5, 5.41) is 0. The minimum absolute atomic E-state index is 0.705. The lowest BCUT2D eigenvalue weighted by molar-refractivity contribution is 0.198. The molecule has 0 aromatic heterocycles. The first-order valence-corrected chi connectivity index (χ1v) is 9.58. The van der Waals surface area contributed by atoms with Crippen LogP contribution in [0.15, 0.2) is 30.3 Å². The number of hydrogen-bond acceptors (Lipinski definition) is 4. The van der Waals surface area contributed by atoms with E-state index >= 15 is 0 Å². The largest absolute Gasteiger partial charge is 0.489 e. The molecule has 4 aliphatic heterocycles. The molecule has 3 saturated heterocycles. The van der Waals surface area contributed by atoms with Crippen LogP contribution >= 0.6 is 0 Å². The number of para-hydroxylation sites is 1. The SMILES string of the molecule is C1=Cc2ccccc2OC1.C1CCOC1.C1CCOC1.C1CCOC1. The van der Waals surface area contributed by atoms with E-state index in [9.17, 15) is 0 Å². The summed E-state index contributed by atoms with van der Waals surface area (Å²) < 4.78 is 20.2. The summed E-state index contributed by atoms with van der Waals surface area (Å²) in [5.74, 6) is 0.991. The van der Waals surface area contributed by atoms with Crippen molar-refractivity contribution < 1.29 is 18.9 Å². The van der Waals surface area contributed by atoms with Crippen LogP contribution in [0, 0.1) is 0 Å². The first-order chi connectivity index (χ1) is 12.5. The zero-order chi connectivity index (χ0) is 17.4. The second kappa shape index (κ2) is 13.9. The number of hydrogen-bond donors (Lipinski definition) is 0. The van der Waals surface area contributed by atoms with Crippen molar-refractivity contribution in [2.75, 3.05) is 46.2 Å². The van der Waals surface area contributed by atoms with Crippen LogP contribution in [-0.2, 0) is 14.2 Å². The summed E-state index contributed by atoms with van der Waals surface area (Å²) in [6, 6.07) is 8.03. The van der Waals surface area contributed by atoms with Crippen LogP contribution in [0.25, 0.3) is 6.08 Å². The Labute approximate surface area is 152 Å². The fourth-order valence-corrected chi connectivity index (χ4v) is 2.59. The second-order valence-corrected chi connectivity index (χ2v) is 6.21. The van der Waals surface area contributed by atoms with E-state index in [1.807, 2.05) is 30.3 Å². The van der Waals surface area contributed by atoms with Crippen LogP contribution in [0.1, 0.15) is 44.1 Å². The van der Waals surface area contributed by atoms with Crippen molar-refractivity contribution >= 4 is 6.08 Å². The second-order valence-electron chi connectivity index (χ2n) is 6.21. The summed E-state index contributed by atoms with van der Waals surface area (Å²) in [4.78, 5) is 0. The van der Waals surface area contributed by atoms with Crippen LogP contribution < -0.4 is 4.74 Å². The van der Waals surface area contributed by atoms with Crippen LogP contribution in [0.2, 0.25) is 0 Å². The van der Waals surface area contributed by atoms with E-state index in [-0.39, 0.29) is 0 Å². The Morgan fingerprint density at radius 3 is 1.48 bits per heavy atom. The van der Waals surface area contributed by atoms with Gasteiger partial charge in [0.05, 0.1) is 0 Å². The van der Waals surface area contributed by atoms with Gasteiger partial charge in [0.1, 0.15) is 12.4 Å². The molecular weight excluding hydrogens is 316 g/mol. The molecule has 0 radical (unpaired) electrons. The molecule has 0 unspecified atom stereocenters. The van der Waals surface area contributed by atoms with Crippen molar-refractivity contribution in [2.24, 2.45) is 0 Å². The van der Waals surface area contributed by atoms with Crippen molar-refractivity contribution in [1.82, 2.24) is 0 Å². The monoisotopic (exact) mass is 348 g/mol. The maximum Gasteiger partial charge on any atom is 0.126 e. The molecule has 4 nitrogen and oxygen atoms in total. The fourth-order valence-electron chi connectivity index (χ4n) is 2.59. The molecule has 5 rings (SSSR count). The quantitative estimate of drug-likeness (QED) is 0.692. The minimum Gasteiger partial charge on any atom is -0.489 e. The smallest absolute Gasteiger partial charge is 0.126 e. The Morgan fingerprint density at radius 1 is 0.600 bits per heavy atom. The predicted octanol–water partition coefficient (Wildman–Crippen LogP) is 4.48. The Hall–Kier alpha value is -1.36. The zero-order valence-electron chi connectivity index (χ0n) is 15.3. The maximum atomic E-state index is 5.34. The fraction of sp³-hybridized carbons (Fsp3) is 0.619. The molecule has 4 heterocycles. The normalized spacial score (nSPS) is 20.0.